The van der Waals surface area contributed by atoms with Crippen molar-refractivity contribution in [3.63, 3.8) is 0 Å². The van der Waals surface area contributed by atoms with Crippen LogP contribution in [0, 0.1) is 22.3 Å². The molecule has 4 heteroatoms. The lowest BCUT2D eigenvalue weighted by Gasteiger charge is -2.12. The Labute approximate surface area is 156 Å². The van der Waals surface area contributed by atoms with E-state index in [1.807, 2.05) is 0 Å². The Morgan fingerprint density at radius 3 is 1.38 bits per heavy atom. The predicted octanol–water partition coefficient (Wildman–Crippen LogP) is 4.32. The van der Waals surface area contributed by atoms with Crippen LogP contribution in [0.4, 0.5) is 0 Å². The topological polar surface area (TPSA) is 59.9 Å². The number of aromatic nitrogens is 2. The summed E-state index contributed by atoms with van der Waals surface area (Å²) in [5.74, 6) is 0.969. The molecule has 2 unspecified atom stereocenters. The maximum absolute atomic E-state index is 12.5. The molecule has 0 spiro atoms. The van der Waals surface area contributed by atoms with E-state index in [-0.39, 0.29) is 11.1 Å². The van der Waals surface area contributed by atoms with Crippen molar-refractivity contribution in [2.75, 3.05) is 0 Å². The van der Waals surface area contributed by atoms with Crippen molar-refractivity contribution in [3.8, 4) is 0 Å². The van der Waals surface area contributed by atoms with E-state index in [2.05, 4.69) is 37.7 Å². The zero-order chi connectivity index (χ0) is 19.1. The average Bonchev–Trinajstić information content (AvgIpc) is 3.13. The van der Waals surface area contributed by atoms with E-state index in [0.29, 0.717) is 33.7 Å². The van der Waals surface area contributed by atoms with Crippen molar-refractivity contribution in [2.24, 2.45) is 11.8 Å². The molecule has 2 aliphatic rings. The largest absolute Gasteiger partial charge is 0.279 e. The van der Waals surface area contributed by atoms with Gasteiger partial charge in [0.25, 0.3) is 11.1 Å². The van der Waals surface area contributed by atoms with Crippen LogP contribution in [-0.2, 0) is 12.8 Å². The zero-order valence-electron chi connectivity index (χ0n) is 16.9. The third-order valence-electron chi connectivity index (χ3n) is 5.78. The van der Waals surface area contributed by atoms with Crippen molar-refractivity contribution in [1.29, 1.82) is 0 Å². The summed E-state index contributed by atoms with van der Waals surface area (Å²) in [7, 11) is 0. The number of nitrogens with zero attached hydrogens (tertiary/aromatic N) is 2. The van der Waals surface area contributed by atoms with E-state index in [1.54, 1.807) is 0 Å². The van der Waals surface area contributed by atoms with Crippen molar-refractivity contribution in [3.05, 3.63) is 42.5 Å². The third kappa shape index (κ3) is 4.77. The first kappa shape index (κ1) is 20.7. The van der Waals surface area contributed by atoms with E-state index < -0.39 is 0 Å². The number of hydrogen-bond donors (Lipinski definition) is 0. The van der Waals surface area contributed by atoms with Crippen LogP contribution >= 0.6 is 0 Å². The molecule has 2 rings (SSSR count). The van der Waals surface area contributed by atoms with E-state index >= 15 is 0 Å². The lowest BCUT2D eigenvalue weighted by Crippen LogP contribution is -2.13. The summed E-state index contributed by atoms with van der Waals surface area (Å²) in [5, 5.41) is 1.04. The van der Waals surface area contributed by atoms with Crippen LogP contribution in [0.3, 0.4) is 0 Å². The highest BCUT2D eigenvalue weighted by Crippen LogP contribution is 2.20. The van der Waals surface area contributed by atoms with Crippen molar-refractivity contribution in [1.82, 2.24) is 9.97 Å². The minimum absolute atomic E-state index is 0.240. The molecule has 26 heavy (non-hydrogen) atoms. The average molecular weight is 359 g/mol. The van der Waals surface area contributed by atoms with Crippen LogP contribution < -0.4 is 11.1 Å². The molecule has 0 aliphatic carbocycles. The summed E-state index contributed by atoms with van der Waals surface area (Å²) in [6.07, 6.45) is 10.5. The van der Waals surface area contributed by atoms with Crippen LogP contribution in [-0.4, -0.2) is 9.97 Å². The fourth-order valence-electron chi connectivity index (χ4n) is 3.95. The Kier molecular flexibility index (Phi) is 7.92. The van der Waals surface area contributed by atoms with E-state index in [1.165, 1.54) is 12.8 Å². The molecule has 2 aliphatic heterocycles. The highest BCUT2D eigenvalue weighted by atomic mass is 16.1. The van der Waals surface area contributed by atoms with E-state index in [4.69, 9.17) is 0 Å². The van der Waals surface area contributed by atoms with Crippen LogP contribution in [0.5, 0.6) is 0 Å². The first-order chi connectivity index (χ1) is 12.5. The van der Waals surface area contributed by atoms with Gasteiger partial charge in [0, 0.05) is 0 Å². The smallest absolute Gasteiger partial charge is 0.267 e. The zero-order valence-corrected chi connectivity index (χ0v) is 16.9. The Balaban J connectivity index is 2.32. The highest BCUT2D eigenvalue weighted by molar-refractivity contribution is 5.23. The van der Waals surface area contributed by atoms with Gasteiger partial charge in [-0.15, -0.1) is 0 Å². The lowest BCUT2D eigenvalue weighted by molar-refractivity contribution is 0.444. The Morgan fingerprint density at radius 1 is 0.692 bits per heavy atom. The first-order valence-electron chi connectivity index (χ1n) is 10.5. The summed E-state index contributed by atoms with van der Waals surface area (Å²) < 4.78 is 0. The maximum atomic E-state index is 12.5. The molecule has 0 aromatic heterocycles. The van der Waals surface area contributed by atoms with E-state index in [9.17, 15) is 9.59 Å². The van der Waals surface area contributed by atoms with Gasteiger partial charge >= 0.3 is 0 Å². The summed E-state index contributed by atoms with van der Waals surface area (Å²) >= 11 is 0. The normalized spacial score (nSPS) is 14.2. The van der Waals surface area contributed by atoms with Crippen LogP contribution in [0.15, 0.2) is 9.59 Å². The summed E-state index contributed by atoms with van der Waals surface area (Å²) in [5.41, 5.74) is 0.905. The highest BCUT2D eigenvalue weighted by Gasteiger charge is 2.21. The van der Waals surface area contributed by atoms with Gasteiger partial charge in [-0.3, -0.25) is 9.59 Å². The molecule has 0 saturated heterocycles. The second kappa shape index (κ2) is 9.94. The van der Waals surface area contributed by atoms with Crippen molar-refractivity contribution >= 4 is 0 Å². The van der Waals surface area contributed by atoms with Gasteiger partial charge in [0.2, 0.25) is 0 Å². The minimum Gasteiger partial charge on any atom is -0.267 e. The molecule has 0 radical (unpaired) electrons. The van der Waals surface area contributed by atoms with Gasteiger partial charge in [-0.2, -0.15) is 0 Å². The predicted molar refractivity (Wildman–Crippen MR) is 106 cm³/mol. The summed E-state index contributed by atoms with van der Waals surface area (Å²) in [4.78, 5) is 33.6. The molecule has 2 heterocycles. The molecule has 4 nitrogen and oxygen atoms in total. The van der Waals surface area contributed by atoms with Crippen LogP contribution in [0.1, 0.15) is 90.4 Å². The quantitative estimate of drug-likeness (QED) is 0.567. The van der Waals surface area contributed by atoms with Gasteiger partial charge < -0.3 is 0 Å². The van der Waals surface area contributed by atoms with Gasteiger partial charge in [-0.1, -0.05) is 79.1 Å². The SMILES string of the molecule is CCCCC(CC)Cc1nc(=O)c2c(CC(CC)CCCC)nc(=O)c1=2. The molecule has 0 fully saturated rings. The molecule has 0 amide bonds. The van der Waals surface area contributed by atoms with Crippen molar-refractivity contribution in [2.45, 2.75) is 91.9 Å². The van der Waals surface area contributed by atoms with Gasteiger partial charge in [0.15, 0.2) is 0 Å². The van der Waals surface area contributed by atoms with Gasteiger partial charge in [0.1, 0.15) is 0 Å². The number of unbranched alkanes of at least 4 members (excludes halogenated alkanes) is 2. The second-order valence-corrected chi connectivity index (χ2v) is 7.72. The monoisotopic (exact) mass is 358 g/mol. The summed E-state index contributed by atoms with van der Waals surface area (Å²) in [6, 6.07) is 0. The lowest BCUT2D eigenvalue weighted by atomic mass is 9.93. The molecule has 0 aromatic carbocycles. The fraction of sp³-hybridized carbons (Fsp3) is 0.727. The van der Waals surface area contributed by atoms with E-state index in [0.717, 1.165) is 51.4 Å². The van der Waals surface area contributed by atoms with Crippen LogP contribution in [0.25, 0.3) is 0 Å². The Morgan fingerprint density at radius 2 is 1.08 bits per heavy atom. The summed E-state index contributed by atoms with van der Waals surface area (Å²) in [6.45, 7) is 8.72. The molecule has 0 bridgehead atoms. The molecular weight excluding hydrogens is 324 g/mol. The first-order valence-corrected chi connectivity index (χ1v) is 10.5. The molecule has 2 atom stereocenters. The minimum atomic E-state index is -0.240. The van der Waals surface area contributed by atoms with Gasteiger partial charge in [-0.25, -0.2) is 9.97 Å². The number of hydrogen-bond acceptors (Lipinski definition) is 4. The standard InChI is InChI=1S/C22H34N2O2/c1-5-9-11-15(7-3)13-17-19-20(22(26)23-17)18(24-21(19)25)14-16(8-4)12-10-6-2/h15-16H,5-14H2,1-4H3. The Hall–Kier alpha value is -1.58. The van der Waals surface area contributed by atoms with Gasteiger partial charge in [0.05, 0.1) is 21.8 Å². The third-order valence-corrected chi connectivity index (χ3v) is 5.78. The second-order valence-electron chi connectivity index (χ2n) is 7.72. The van der Waals surface area contributed by atoms with Gasteiger partial charge in [-0.05, 0) is 24.7 Å². The molecule has 0 N–H and O–H groups in total. The maximum Gasteiger partial charge on any atom is 0.279 e. The number of rotatable bonds is 12. The fourth-order valence-corrected chi connectivity index (χ4v) is 3.95. The van der Waals surface area contributed by atoms with Crippen LogP contribution in [0.2, 0.25) is 0 Å². The Bertz CT molecular complexity index is 751. The van der Waals surface area contributed by atoms with Crippen molar-refractivity contribution < 1.29 is 0 Å². The molecule has 144 valence electrons. The molecular formula is C22H34N2O2. The molecule has 0 aromatic rings. The molecule has 0 saturated carbocycles.